The maximum absolute atomic E-state index is 6.07. The third-order valence-electron chi connectivity index (χ3n) is 3.69. The minimum absolute atomic E-state index is 0.459. The average molecular weight is 297 g/mol. The number of ether oxygens (including phenoxy) is 1. The maximum Gasteiger partial charge on any atom is 0.122 e. The van der Waals surface area contributed by atoms with E-state index in [1.54, 1.807) is 0 Å². The molecule has 1 aliphatic heterocycles. The van der Waals surface area contributed by atoms with E-state index in [2.05, 4.69) is 30.8 Å². The number of thioether (sulfide) groups is 1. The number of benzene rings is 2. The fourth-order valence-corrected chi connectivity index (χ4v) is 3.85. The van der Waals surface area contributed by atoms with Crippen LogP contribution in [0, 0.1) is 0 Å². The van der Waals surface area contributed by atoms with Gasteiger partial charge < -0.3 is 10.5 Å². The number of hydrogen-bond donors (Lipinski definition) is 1. The normalized spacial score (nSPS) is 16.5. The first-order chi connectivity index (χ1) is 10.3. The van der Waals surface area contributed by atoms with Crippen LogP contribution in [0.25, 0.3) is 0 Å². The van der Waals surface area contributed by atoms with E-state index in [-0.39, 0.29) is 0 Å². The minimum atomic E-state index is 0.459. The van der Waals surface area contributed by atoms with Gasteiger partial charge in [-0.3, -0.25) is 0 Å². The highest BCUT2D eigenvalue weighted by atomic mass is 32.2. The zero-order valence-electron chi connectivity index (χ0n) is 11.9. The van der Waals surface area contributed by atoms with Crippen LogP contribution in [0.3, 0.4) is 0 Å². The second kappa shape index (κ2) is 6.27. The van der Waals surface area contributed by atoms with Gasteiger partial charge in [0.15, 0.2) is 0 Å². The predicted octanol–water partition coefficient (Wildman–Crippen LogP) is 4.27. The van der Waals surface area contributed by atoms with E-state index in [0.29, 0.717) is 12.5 Å². The van der Waals surface area contributed by atoms with Crippen molar-refractivity contribution in [3.05, 3.63) is 66.2 Å². The summed E-state index contributed by atoms with van der Waals surface area (Å²) in [6, 6.07) is 14.4. The SMILES string of the molecule is C=CCc1cc(N)ccc1OCC1CSc2ccccc21. The summed E-state index contributed by atoms with van der Waals surface area (Å²) in [7, 11) is 0. The summed E-state index contributed by atoms with van der Waals surface area (Å²) in [5, 5.41) is 0. The van der Waals surface area contributed by atoms with E-state index in [1.807, 2.05) is 36.0 Å². The van der Waals surface area contributed by atoms with Crippen molar-refractivity contribution in [2.75, 3.05) is 18.1 Å². The Morgan fingerprint density at radius 1 is 1.29 bits per heavy atom. The second-order valence-electron chi connectivity index (χ2n) is 5.22. The lowest BCUT2D eigenvalue weighted by Crippen LogP contribution is -2.10. The van der Waals surface area contributed by atoms with E-state index in [0.717, 1.165) is 29.2 Å². The Morgan fingerprint density at radius 2 is 2.14 bits per heavy atom. The summed E-state index contributed by atoms with van der Waals surface area (Å²) >= 11 is 1.91. The second-order valence-corrected chi connectivity index (χ2v) is 6.28. The van der Waals surface area contributed by atoms with Crippen molar-refractivity contribution in [3.63, 3.8) is 0 Å². The minimum Gasteiger partial charge on any atom is -0.493 e. The van der Waals surface area contributed by atoms with Gasteiger partial charge in [0.05, 0.1) is 6.61 Å². The lowest BCUT2D eigenvalue weighted by molar-refractivity contribution is 0.295. The lowest BCUT2D eigenvalue weighted by atomic mass is 10.0. The predicted molar refractivity (Wildman–Crippen MR) is 90.2 cm³/mol. The Bertz CT molecular complexity index is 653. The van der Waals surface area contributed by atoms with Gasteiger partial charge in [0.25, 0.3) is 0 Å². The van der Waals surface area contributed by atoms with Crippen LogP contribution < -0.4 is 10.5 Å². The number of rotatable bonds is 5. The molecule has 3 rings (SSSR count). The van der Waals surface area contributed by atoms with Gasteiger partial charge in [-0.15, -0.1) is 18.3 Å². The van der Waals surface area contributed by atoms with Gasteiger partial charge in [-0.25, -0.2) is 0 Å². The van der Waals surface area contributed by atoms with Crippen LogP contribution in [-0.2, 0) is 6.42 Å². The highest BCUT2D eigenvalue weighted by molar-refractivity contribution is 7.99. The van der Waals surface area contributed by atoms with Gasteiger partial charge in [0.1, 0.15) is 5.75 Å². The third kappa shape index (κ3) is 3.08. The molecule has 0 radical (unpaired) electrons. The number of nitrogens with two attached hydrogens (primary N) is 1. The topological polar surface area (TPSA) is 35.2 Å². The summed E-state index contributed by atoms with van der Waals surface area (Å²) in [4.78, 5) is 1.38. The lowest BCUT2D eigenvalue weighted by Gasteiger charge is -2.15. The van der Waals surface area contributed by atoms with Gasteiger partial charge >= 0.3 is 0 Å². The molecular formula is C18H19NOS. The van der Waals surface area contributed by atoms with Crippen LogP contribution >= 0.6 is 11.8 Å². The zero-order valence-corrected chi connectivity index (χ0v) is 12.7. The number of hydrogen-bond acceptors (Lipinski definition) is 3. The standard InChI is InChI=1S/C18H19NOS/c1-2-5-13-10-15(19)8-9-17(13)20-11-14-12-21-18-7-4-3-6-16(14)18/h2-4,6-10,14H,1,5,11-12,19H2. The van der Waals surface area contributed by atoms with Crippen LogP contribution in [-0.4, -0.2) is 12.4 Å². The molecule has 0 bridgehead atoms. The van der Waals surface area contributed by atoms with Crippen LogP contribution in [0.15, 0.2) is 60.0 Å². The Morgan fingerprint density at radius 3 is 3.00 bits per heavy atom. The smallest absolute Gasteiger partial charge is 0.122 e. The van der Waals surface area contributed by atoms with Gasteiger partial charge in [-0.2, -0.15) is 0 Å². The van der Waals surface area contributed by atoms with Gasteiger partial charge in [-0.05, 0) is 41.8 Å². The molecule has 0 fully saturated rings. The van der Waals surface area contributed by atoms with Crippen LogP contribution in [0.5, 0.6) is 5.75 Å². The van der Waals surface area contributed by atoms with Crippen LogP contribution in [0.2, 0.25) is 0 Å². The molecule has 0 spiro atoms. The molecule has 2 N–H and O–H groups in total. The first-order valence-corrected chi connectivity index (χ1v) is 8.10. The zero-order chi connectivity index (χ0) is 14.7. The van der Waals surface area contributed by atoms with Crippen LogP contribution in [0.4, 0.5) is 5.69 Å². The third-order valence-corrected chi connectivity index (χ3v) is 4.94. The highest BCUT2D eigenvalue weighted by Crippen LogP contribution is 2.39. The number of allylic oxidation sites excluding steroid dienone is 1. The molecule has 0 amide bonds. The van der Waals surface area contributed by atoms with Crippen molar-refractivity contribution in [3.8, 4) is 5.75 Å². The Kier molecular flexibility index (Phi) is 4.20. The van der Waals surface area contributed by atoms with Gasteiger partial charge in [0.2, 0.25) is 0 Å². The van der Waals surface area contributed by atoms with Crippen molar-refractivity contribution in [1.29, 1.82) is 0 Å². The maximum atomic E-state index is 6.07. The Balaban J connectivity index is 1.73. The fourth-order valence-electron chi connectivity index (χ4n) is 2.61. The number of fused-ring (bicyclic) bond motifs is 1. The molecule has 1 unspecified atom stereocenters. The summed E-state index contributed by atoms with van der Waals surface area (Å²) in [5.41, 5.74) is 9.12. The van der Waals surface area contributed by atoms with Crippen molar-refractivity contribution in [1.82, 2.24) is 0 Å². The average Bonchev–Trinajstić information content (AvgIpc) is 2.90. The molecule has 108 valence electrons. The molecule has 2 aromatic carbocycles. The monoisotopic (exact) mass is 297 g/mol. The highest BCUT2D eigenvalue weighted by Gasteiger charge is 2.23. The van der Waals surface area contributed by atoms with E-state index >= 15 is 0 Å². The van der Waals surface area contributed by atoms with Crippen LogP contribution in [0.1, 0.15) is 17.0 Å². The van der Waals surface area contributed by atoms with E-state index in [9.17, 15) is 0 Å². The summed E-state index contributed by atoms with van der Waals surface area (Å²) in [6.07, 6.45) is 2.65. The molecular weight excluding hydrogens is 278 g/mol. The Hall–Kier alpha value is -1.87. The summed E-state index contributed by atoms with van der Waals surface area (Å²) in [5.74, 6) is 2.46. The number of nitrogen functional groups attached to an aromatic ring is 1. The molecule has 1 heterocycles. The van der Waals surface area contributed by atoms with Crippen molar-refractivity contribution >= 4 is 17.4 Å². The van der Waals surface area contributed by atoms with Crippen molar-refractivity contribution < 1.29 is 4.74 Å². The van der Waals surface area contributed by atoms with Gasteiger partial charge in [-0.1, -0.05) is 24.3 Å². The summed E-state index contributed by atoms with van der Waals surface area (Å²) < 4.78 is 6.07. The molecule has 21 heavy (non-hydrogen) atoms. The van der Waals surface area contributed by atoms with E-state index in [4.69, 9.17) is 10.5 Å². The molecule has 1 aliphatic rings. The molecule has 2 nitrogen and oxygen atoms in total. The quantitative estimate of drug-likeness (QED) is 0.661. The summed E-state index contributed by atoms with van der Waals surface area (Å²) in [6.45, 7) is 4.50. The van der Waals surface area contributed by atoms with E-state index < -0.39 is 0 Å². The Labute approximate surface area is 130 Å². The first-order valence-electron chi connectivity index (χ1n) is 7.11. The number of anilines is 1. The molecule has 0 saturated heterocycles. The van der Waals surface area contributed by atoms with E-state index in [1.165, 1.54) is 10.5 Å². The molecule has 0 aliphatic carbocycles. The van der Waals surface area contributed by atoms with Gasteiger partial charge in [0, 0.05) is 22.3 Å². The van der Waals surface area contributed by atoms with Crippen molar-refractivity contribution in [2.24, 2.45) is 0 Å². The van der Waals surface area contributed by atoms with Crippen molar-refractivity contribution in [2.45, 2.75) is 17.2 Å². The first kappa shape index (κ1) is 14.1. The fraction of sp³-hybridized carbons (Fsp3) is 0.222. The molecule has 1 atom stereocenters. The molecule has 3 heteroatoms. The molecule has 0 aromatic heterocycles. The largest absolute Gasteiger partial charge is 0.493 e. The molecule has 2 aromatic rings. The molecule has 0 saturated carbocycles.